The van der Waals surface area contributed by atoms with Crippen molar-refractivity contribution in [3.8, 4) is 22.6 Å². The molecule has 6 nitrogen and oxygen atoms in total. The average molecular weight is 391 g/mol. The van der Waals surface area contributed by atoms with Crippen molar-refractivity contribution in [3.05, 3.63) is 47.5 Å². The van der Waals surface area contributed by atoms with Gasteiger partial charge in [0.15, 0.2) is 11.5 Å². The highest BCUT2D eigenvalue weighted by atomic mass is 32.2. The normalized spacial score (nSPS) is 11.2. The molecule has 0 saturated heterocycles. The van der Waals surface area contributed by atoms with E-state index in [1.807, 2.05) is 18.2 Å². The molecular formula is C20H25NO5S. The number of methoxy groups -OCH3 is 2. The van der Waals surface area contributed by atoms with E-state index in [0.717, 1.165) is 24.0 Å². The molecule has 0 atom stereocenters. The first kappa shape index (κ1) is 20.8. The summed E-state index contributed by atoms with van der Waals surface area (Å²) in [5.41, 5.74) is 8.47. The Kier molecular flexibility index (Phi) is 6.85. The third-order valence-electron chi connectivity index (χ3n) is 4.27. The Labute approximate surface area is 160 Å². The van der Waals surface area contributed by atoms with Gasteiger partial charge >= 0.3 is 0 Å². The molecule has 2 N–H and O–H groups in total. The van der Waals surface area contributed by atoms with Gasteiger partial charge in [0.1, 0.15) is 9.84 Å². The fourth-order valence-electron chi connectivity index (χ4n) is 2.90. The molecule has 0 aromatic heterocycles. The Morgan fingerprint density at radius 3 is 2.30 bits per heavy atom. The third-order valence-corrected chi connectivity index (χ3v) is 5.30. The molecule has 2 aromatic rings. The van der Waals surface area contributed by atoms with Gasteiger partial charge in [0.2, 0.25) is 5.91 Å². The van der Waals surface area contributed by atoms with E-state index in [2.05, 4.69) is 0 Å². The number of sulfone groups is 1. The SMILES string of the molecule is COc1ccc(-c2cc(CCCCS(C)(=O)=O)ccc2C(N)=O)cc1OC. The van der Waals surface area contributed by atoms with Crippen molar-refractivity contribution < 1.29 is 22.7 Å². The smallest absolute Gasteiger partial charge is 0.249 e. The summed E-state index contributed by atoms with van der Waals surface area (Å²) in [6.45, 7) is 0. The molecule has 0 unspecified atom stereocenters. The molecule has 2 aromatic carbocycles. The highest BCUT2D eigenvalue weighted by molar-refractivity contribution is 7.90. The van der Waals surface area contributed by atoms with Crippen molar-refractivity contribution in [1.82, 2.24) is 0 Å². The second kappa shape index (κ2) is 8.90. The summed E-state index contributed by atoms with van der Waals surface area (Å²) in [6, 6.07) is 10.9. The lowest BCUT2D eigenvalue weighted by Gasteiger charge is -2.13. The molecule has 0 bridgehead atoms. The molecule has 0 aliphatic heterocycles. The van der Waals surface area contributed by atoms with Gasteiger partial charge < -0.3 is 15.2 Å². The van der Waals surface area contributed by atoms with Gasteiger partial charge in [-0.3, -0.25) is 4.79 Å². The first-order chi connectivity index (χ1) is 12.7. The van der Waals surface area contributed by atoms with Crippen molar-refractivity contribution in [2.75, 3.05) is 26.2 Å². The minimum Gasteiger partial charge on any atom is -0.493 e. The number of ether oxygens (including phenoxy) is 2. The van der Waals surface area contributed by atoms with Crippen molar-refractivity contribution >= 4 is 15.7 Å². The molecule has 0 aliphatic rings. The van der Waals surface area contributed by atoms with Crippen molar-refractivity contribution in [2.45, 2.75) is 19.3 Å². The van der Waals surface area contributed by atoms with Crippen LogP contribution >= 0.6 is 0 Å². The third kappa shape index (κ3) is 5.72. The highest BCUT2D eigenvalue weighted by Crippen LogP contribution is 2.34. The molecule has 2 rings (SSSR count). The van der Waals surface area contributed by atoms with Crippen LogP contribution in [0.2, 0.25) is 0 Å². The van der Waals surface area contributed by atoms with Crippen molar-refractivity contribution in [2.24, 2.45) is 5.73 Å². The molecule has 27 heavy (non-hydrogen) atoms. The molecule has 0 heterocycles. The first-order valence-electron chi connectivity index (χ1n) is 8.58. The number of primary amides is 1. The number of carbonyl (C=O) groups excluding carboxylic acids is 1. The zero-order chi connectivity index (χ0) is 20.0. The molecule has 1 amide bonds. The predicted octanol–water partition coefficient (Wildman–Crippen LogP) is 2.84. The van der Waals surface area contributed by atoms with Crippen LogP contribution in [-0.2, 0) is 16.3 Å². The van der Waals surface area contributed by atoms with Crippen LogP contribution in [-0.4, -0.2) is 40.6 Å². The van der Waals surface area contributed by atoms with Crippen LogP contribution in [0.25, 0.3) is 11.1 Å². The maximum atomic E-state index is 11.9. The second-order valence-electron chi connectivity index (χ2n) is 6.40. The molecule has 0 saturated carbocycles. The predicted molar refractivity (Wildman–Crippen MR) is 106 cm³/mol. The van der Waals surface area contributed by atoms with Crippen LogP contribution in [0.4, 0.5) is 0 Å². The highest BCUT2D eigenvalue weighted by Gasteiger charge is 2.14. The van der Waals surface area contributed by atoms with Gasteiger partial charge in [-0.05, 0) is 54.2 Å². The van der Waals surface area contributed by atoms with Crippen LogP contribution in [0.15, 0.2) is 36.4 Å². The summed E-state index contributed by atoms with van der Waals surface area (Å²) in [7, 11) is 0.161. The van der Waals surface area contributed by atoms with E-state index in [0.29, 0.717) is 29.0 Å². The van der Waals surface area contributed by atoms with E-state index in [1.54, 1.807) is 32.4 Å². The maximum Gasteiger partial charge on any atom is 0.249 e. The molecule has 0 fully saturated rings. The standard InChI is InChI=1S/C20H25NO5S/c1-25-18-10-8-15(13-19(18)26-2)17-12-14(7-9-16(17)20(21)22)6-4-5-11-27(3,23)24/h7-10,12-13H,4-6,11H2,1-3H3,(H2,21,22). The lowest BCUT2D eigenvalue weighted by molar-refractivity contribution is 0.100. The largest absolute Gasteiger partial charge is 0.493 e. The topological polar surface area (TPSA) is 95.7 Å². The summed E-state index contributed by atoms with van der Waals surface area (Å²) in [5, 5.41) is 0. The molecule has 7 heteroatoms. The monoisotopic (exact) mass is 391 g/mol. The van der Waals surface area contributed by atoms with Gasteiger partial charge in [0.25, 0.3) is 0 Å². The van der Waals surface area contributed by atoms with Crippen LogP contribution in [0.5, 0.6) is 11.5 Å². The minimum atomic E-state index is -2.95. The lowest BCUT2D eigenvalue weighted by atomic mass is 9.95. The fourth-order valence-corrected chi connectivity index (χ4v) is 3.63. The number of rotatable bonds is 9. The van der Waals surface area contributed by atoms with Crippen LogP contribution in [0, 0.1) is 0 Å². The Morgan fingerprint density at radius 2 is 1.70 bits per heavy atom. The number of amides is 1. The Morgan fingerprint density at radius 1 is 1.00 bits per heavy atom. The number of hydrogen-bond acceptors (Lipinski definition) is 5. The van der Waals surface area contributed by atoms with E-state index in [9.17, 15) is 13.2 Å². The molecule has 0 radical (unpaired) electrons. The van der Waals surface area contributed by atoms with Gasteiger partial charge in [0.05, 0.1) is 14.2 Å². The van der Waals surface area contributed by atoms with E-state index in [-0.39, 0.29) is 5.75 Å². The minimum absolute atomic E-state index is 0.176. The van der Waals surface area contributed by atoms with Crippen LogP contribution in [0.1, 0.15) is 28.8 Å². The van der Waals surface area contributed by atoms with Gasteiger partial charge in [-0.1, -0.05) is 18.2 Å². The summed E-state index contributed by atoms with van der Waals surface area (Å²) in [6.07, 6.45) is 3.30. The quantitative estimate of drug-likeness (QED) is 0.663. The van der Waals surface area contributed by atoms with Gasteiger partial charge in [-0.2, -0.15) is 0 Å². The van der Waals surface area contributed by atoms with E-state index < -0.39 is 15.7 Å². The Hall–Kier alpha value is -2.54. The molecular weight excluding hydrogens is 366 g/mol. The number of benzene rings is 2. The van der Waals surface area contributed by atoms with Crippen molar-refractivity contribution in [3.63, 3.8) is 0 Å². The van der Waals surface area contributed by atoms with Gasteiger partial charge in [-0.15, -0.1) is 0 Å². The Bertz CT molecular complexity index is 922. The van der Waals surface area contributed by atoms with Gasteiger partial charge in [0, 0.05) is 17.6 Å². The van der Waals surface area contributed by atoms with Gasteiger partial charge in [-0.25, -0.2) is 8.42 Å². The fraction of sp³-hybridized carbons (Fsp3) is 0.350. The summed E-state index contributed by atoms with van der Waals surface area (Å²) >= 11 is 0. The molecule has 0 aliphatic carbocycles. The van der Waals surface area contributed by atoms with E-state index >= 15 is 0 Å². The maximum absolute atomic E-state index is 11.9. The summed E-state index contributed by atoms with van der Waals surface area (Å²) in [5.74, 6) is 0.820. The zero-order valence-electron chi connectivity index (χ0n) is 15.8. The summed E-state index contributed by atoms with van der Waals surface area (Å²) < 4.78 is 33.1. The second-order valence-corrected chi connectivity index (χ2v) is 8.66. The number of hydrogen-bond donors (Lipinski definition) is 1. The molecule has 146 valence electrons. The van der Waals surface area contributed by atoms with E-state index in [4.69, 9.17) is 15.2 Å². The van der Waals surface area contributed by atoms with Crippen molar-refractivity contribution in [1.29, 1.82) is 0 Å². The zero-order valence-corrected chi connectivity index (χ0v) is 16.6. The number of carbonyl (C=O) groups is 1. The number of aryl methyl sites for hydroxylation is 1. The number of nitrogens with two attached hydrogens (primary N) is 1. The molecule has 0 spiro atoms. The average Bonchev–Trinajstić information content (AvgIpc) is 2.63. The summed E-state index contributed by atoms with van der Waals surface area (Å²) in [4.78, 5) is 11.9. The van der Waals surface area contributed by atoms with Crippen LogP contribution < -0.4 is 15.2 Å². The van der Waals surface area contributed by atoms with E-state index in [1.165, 1.54) is 6.26 Å². The van der Waals surface area contributed by atoms with Crippen LogP contribution in [0.3, 0.4) is 0 Å². The number of unbranched alkanes of at least 4 members (excludes halogenated alkanes) is 1. The Balaban J connectivity index is 2.32. The first-order valence-corrected chi connectivity index (χ1v) is 10.6. The lowest BCUT2D eigenvalue weighted by Crippen LogP contribution is -2.12.